The molecule has 0 N–H and O–H groups in total. The van der Waals surface area contributed by atoms with E-state index in [1.54, 1.807) is 6.92 Å². The molecule has 36 heavy (non-hydrogen) atoms. The number of nitro groups is 1. The van der Waals surface area contributed by atoms with Gasteiger partial charge in [0.1, 0.15) is 6.33 Å². The second kappa shape index (κ2) is 10.5. The molecular weight excluding hydrogens is 468 g/mol. The first-order valence-corrected chi connectivity index (χ1v) is 12.3. The number of fused-ring (bicyclic) bond motifs is 1. The minimum absolute atomic E-state index is 0.0729. The van der Waals surface area contributed by atoms with Gasteiger partial charge in [-0.25, -0.2) is 9.97 Å². The van der Waals surface area contributed by atoms with Crippen LogP contribution in [-0.2, 0) is 16.1 Å². The van der Waals surface area contributed by atoms with E-state index in [4.69, 9.17) is 14.2 Å². The van der Waals surface area contributed by atoms with Crippen molar-refractivity contribution in [3.63, 3.8) is 0 Å². The molecule has 1 aromatic heterocycles. The van der Waals surface area contributed by atoms with Crippen molar-refractivity contribution >= 4 is 23.3 Å². The van der Waals surface area contributed by atoms with Crippen molar-refractivity contribution in [3.05, 3.63) is 40.2 Å². The molecule has 1 aromatic carbocycles. The van der Waals surface area contributed by atoms with Gasteiger partial charge in [0.05, 0.1) is 17.4 Å². The minimum Gasteiger partial charge on any atom is -0.466 e. The lowest BCUT2D eigenvalue weighted by Crippen LogP contribution is -2.46. The van der Waals surface area contributed by atoms with E-state index in [0.717, 1.165) is 36.7 Å². The number of hydrogen-bond donors (Lipinski definition) is 0. The van der Waals surface area contributed by atoms with Gasteiger partial charge in [-0.2, -0.15) is 0 Å². The Balaban J connectivity index is 1.24. The van der Waals surface area contributed by atoms with Gasteiger partial charge in [-0.15, -0.1) is 0 Å². The number of aromatic nitrogens is 2. The van der Waals surface area contributed by atoms with Crippen LogP contribution < -0.4 is 19.3 Å². The van der Waals surface area contributed by atoms with Crippen molar-refractivity contribution in [2.45, 2.75) is 26.3 Å². The summed E-state index contributed by atoms with van der Waals surface area (Å²) in [5, 5.41) is 12.1. The number of carbonyl (C=O) groups excluding carboxylic acids is 1. The molecule has 0 atom stereocenters. The van der Waals surface area contributed by atoms with Crippen LogP contribution in [-0.4, -0.2) is 78.4 Å². The Morgan fingerprint density at radius 3 is 2.39 bits per heavy atom. The molecule has 2 aromatic rings. The number of benzene rings is 1. The van der Waals surface area contributed by atoms with E-state index in [9.17, 15) is 14.9 Å². The van der Waals surface area contributed by atoms with Gasteiger partial charge in [0.15, 0.2) is 11.5 Å². The fourth-order valence-corrected chi connectivity index (χ4v) is 4.99. The molecule has 4 heterocycles. The molecule has 12 heteroatoms. The molecule has 0 amide bonds. The molecule has 2 fully saturated rings. The summed E-state index contributed by atoms with van der Waals surface area (Å²) in [5.41, 5.74) is 1.06. The summed E-state index contributed by atoms with van der Waals surface area (Å²) in [6.45, 7) is 6.89. The van der Waals surface area contributed by atoms with Gasteiger partial charge >= 0.3 is 11.7 Å². The number of piperazine rings is 1. The van der Waals surface area contributed by atoms with Crippen LogP contribution in [0.15, 0.2) is 24.5 Å². The average molecular weight is 499 g/mol. The lowest BCUT2D eigenvalue weighted by atomic mass is 9.97. The van der Waals surface area contributed by atoms with Crippen LogP contribution in [0.1, 0.15) is 25.3 Å². The Morgan fingerprint density at radius 1 is 1.06 bits per heavy atom. The zero-order valence-corrected chi connectivity index (χ0v) is 20.3. The van der Waals surface area contributed by atoms with Crippen LogP contribution >= 0.6 is 0 Å². The van der Waals surface area contributed by atoms with Gasteiger partial charge in [0, 0.05) is 45.8 Å². The number of carbonyl (C=O) groups is 1. The van der Waals surface area contributed by atoms with E-state index < -0.39 is 0 Å². The van der Waals surface area contributed by atoms with E-state index in [1.807, 2.05) is 28.0 Å². The van der Waals surface area contributed by atoms with Crippen molar-refractivity contribution in [1.29, 1.82) is 0 Å². The zero-order chi connectivity index (χ0) is 25.1. The third kappa shape index (κ3) is 4.99. The zero-order valence-electron chi connectivity index (χ0n) is 20.3. The van der Waals surface area contributed by atoms with Crippen LogP contribution in [0.25, 0.3) is 0 Å². The van der Waals surface area contributed by atoms with Gasteiger partial charge < -0.3 is 24.0 Å². The molecule has 0 aliphatic carbocycles. The summed E-state index contributed by atoms with van der Waals surface area (Å²) in [6, 6.07) is 5.96. The first-order valence-electron chi connectivity index (χ1n) is 12.3. The van der Waals surface area contributed by atoms with E-state index in [0.29, 0.717) is 57.3 Å². The molecule has 3 aliphatic heterocycles. The maximum absolute atomic E-state index is 12.1. The van der Waals surface area contributed by atoms with Crippen LogP contribution in [0.3, 0.4) is 0 Å². The van der Waals surface area contributed by atoms with Crippen LogP contribution in [0.4, 0.5) is 17.3 Å². The summed E-state index contributed by atoms with van der Waals surface area (Å²) < 4.78 is 16.0. The predicted molar refractivity (Wildman–Crippen MR) is 130 cm³/mol. The van der Waals surface area contributed by atoms with Gasteiger partial charge in [-0.1, -0.05) is 6.07 Å². The van der Waals surface area contributed by atoms with E-state index in [2.05, 4.69) is 14.9 Å². The second-order valence-corrected chi connectivity index (χ2v) is 9.09. The number of nitrogens with zero attached hydrogens (tertiary/aromatic N) is 6. The standard InChI is InChI=1S/C24H30N6O6/c1-2-34-24(31)18-5-7-28(8-6-18)22-21(30(32)33)23(26-15-25-22)29-11-9-27(10-12-29)14-17-3-4-19-20(13-17)36-16-35-19/h3-4,13,15,18H,2,5-12,14,16H2,1H3. The monoisotopic (exact) mass is 498 g/mol. The highest BCUT2D eigenvalue weighted by Crippen LogP contribution is 2.37. The minimum atomic E-state index is -0.388. The molecular formula is C24H30N6O6. The van der Waals surface area contributed by atoms with E-state index >= 15 is 0 Å². The highest BCUT2D eigenvalue weighted by molar-refractivity contribution is 5.74. The summed E-state index contributed by atoms with van der Waals surface area (Å²) >= 11 is 0. The number of rotatable bonds is 7. The van der Waals surface area contributed by atoms with Gasteiger partial charge in [-0.3, -0.25) is 19.8 Å². The van der Waals surface area contributed by atoms with Crippen LogP contribution in [0.2, 0.25) is 0 Å². The molecule has 0 spiro atoms. The highest BCUT2D eigenvalue weighted by Gasteiger charge is 2.34. The number of piperidine rings is 1. The number of esters is 1. The van der Waals surface area contributed by atoms with Crippen molar-refractivity contribution in [2.24, 2.45) is 5.92 Å². The van der Waals surface area contributed by atoms with Gasteiger partial charge in [0.2, 0.25) is 18.4 Å². The molecule has 12 nitrogen and oxygen atoms in total. The molecule has 5 rings (SSSR count). The summed E-state index contributed by atoms with van der Waals surface area (Å²) in [7, 11) is 0. The molecule has 192 valence electrons. The quantitative estimate of drug-likeness (QED) is 0.317. The van der Waals surface area contributed by atoms with Gasteiger partial charge in [-0.05, 0) is 37.5 Å². The Labute approximate surface area is 208 Å². The van der Waals surface area contributed by atoms with Crippen molar-refractivity contribution in [3.8, 4) is 11.5 Å². The van der Waals surface area contributed by atoms with Crippen molar-refractivity contribution in [2.75, 3.05) is 62.5 Å². The molecule has 0 unspecified atom stereocenters. The fourth-order valence-electron chi connectivity index (χ4n) is 4.99. The Hall–Kier alpha value is -3.67. The van der Waals surface area contributed by atoms with Crippen LogP contribution in [0.5, 0.6) is 11.5 Å². The fraction of sp³-hybridized carbons (Fsp3) is 0.542. The SMILES string of the molecule is CCOC(=O)C1CCN(c2ncnc(N3CCN(Cc4ccc5c(c4)OCO5)CC3)c2[N+](=O)[O-])CC1. The van der Waals surface area contributed by atoms with Gasteiger partial charge in [0.25, 0.3) is 0 Å². The maximum Gasteiger partial charge on any atom is 0.353 e. The number of hydrogen-bond acceptors (Lipinski definition) is 11. The van der Waals surface area contributed by atoms with Crippen molar-refractivity contribution < 1.29 is 23.9 Å². The summed E-state index contributed by atoms with van der Waals surface area (Å²) in [5.74, 6) is 1.81. The number of ether oxygens (including phenoxy) is 3. The van der Waals surface area contributed by atoms with Crippen LogP contribution in [0, 0.1) is 16.0 Å². The van der Waals surface area contributed by atoms with E-state index in [1.165, 1.54) is 6.33 Å². The summed E-state index contributed by atoms with van der Waals surface area (Å²) in [4.78, 5) is 38.6. The Kier molecular flexibility index (Phi) is 7.03. The first-order chi connectivity index (χ1) is 17.5. The number of anilines is 2. The normalized spacial score (nSPS) is 18.4. The largest absolute Gasteiger partial charge is 0.466 e. The molecule has 0 radical (unpaired) electrons. The molecule has 2 saturated heterocycles. The van der Waals surface area contributed by atoms with Crippen molar-refractivity contribution in [1.82, 2.24) is 14.9 Å². The first kappa shape index (κ1) is 24.0. The third-order valence-corrected chi connectivity index (χ3v) is 6.90. The Morgan fingerprint density at radius 2 is 1.72 bits per heavy atom. The summed E-state index contributed by atoms with van der Waals surface area (Å²) in [6.07, 6.45) is 2.55. The third-order valence-electron chi connectivity index (χ3n) is 6.90. The molecule has 0 saturated carbocycles. The predicted octanol–water partition coefficient (Wildman–Crippen LogP) is 2.22. The second-order valence-electron chi connectivity index (χ2n) is 9.09. The highest BCUT2D eigenvalue weighted by atomic mass is 16.7. The van der Waals surface area contributed by atoms with E-state index in [-0.39, 0.29) is 29.3 Å². The lowest BCUT2D eigenvalue weighted by Gasteiger charge is -2.36. The topological polar surface area (TPSA) is 123 Å². The maximum atomic E-state index is 12.1. The smallest absolute Gasteiger partial charge is 0.353 e. The molecule has 3 aliphatic rings. The Bertz CT molecular complexity index is 1110. The lowest BCUT2D eigenvalue weighted by molar-refractivity contribution is -0.383. The average Bonchev–Trinajstić information content (AvgIpc) is 3.37. The molecule has 0 bridgehead atoms.